The molecule has 0 aromatic carbocycles. The summed E-state index contributed by atoms with van der Waals surface area (Å²) in [5, 5.41) is 3.31. The van der Waals surface area contributed by atoms with Gasteiger partial charge >= 0.3 is 5.69 Å². The van der Waals surface area contributed by atoms with Gasteiger partial charge in [-0.3, -0.25) is 19.2 Å². The zero-order valence-electron chi connectivity index (χ0n) is 9.41. The third kappa shape index (κ3) is 3.18. The van der Waals surface area contributed by atoms with E-state index in [1.165, 1.54) is 10.8 Å². The van der Waals surface area contributed by atoms with Gasteiger partial charge < -0.3 is 5.32 Å². The first-order valence-electron chi connectivity index (χ1n) is 5.59. The fourth-order valence-corrected chi connectivity index (χ4v) is 2.00. The van der Waals surface area contributed by atoms with Crippen molar-refractivity contribution < 1.29 is 0 Å². The molecule has 0 spiro atoms. The van der Waals surface area contributed by atoms with E-state index in [-0.39, 0.29) is 5.02 Å². The number of H-pyrrole nitrogens is 1. The van der Waals surface area contributed by atoms with E-state index in [2.05, 4.69) is 15.2 Å². The van der Waals surface area contributed by atoms with Gasteiger partial charge in [0.2, 0.25) is 0 Å². The van der Waals surface area contributed by atoms with Crippen molar-refractivity contribution >= 4 is 11.6 Å². The van der Waals surface area contributed by atoms with Crippen LogP contribution in [0.25, 0.3) is 0 Å². The molecular weight excluding hydrogens is 244 g/mol. The van der Waals surface area contributed by atoms with E-state index >= 15 is 0 Å². The van der Waals surface area contributed by atoms with Crippen molar-refractivity contribution in [1.29, 1.82) is 0 Å². The highest BCUT2D eigenvalue weighted by Crippen LogP contribution is 1.97. The average Bonchev–Trinajstić information content (AvgIpc) is 2.33. The van der Waals surface area contributed by atoms with Crippen LogP contribution in [0.15, 0.2) is 15.8 Å². The van der Waals surface area contributed by atoms with Gasteiger partial charge in [0.1, 0.15) is 5.02 Å². The molecule has 7 heteroatoms. The second-order valence-corrected chi connectivity index (χ2v) is 4.43. The summed E-state index contributed by atoms with van der Waals surface area (Å²) in [5.41, 5.74) is -0.940. The van der Waals surface area contributed by atoms with Crippen LogP contribution in [0.1, 0.15) is 0 Å². The van der Waals surface area contributed by atoms with Crippen LogP contribution >= 0.6 is 11.6 Å². The molecule has 0 saturated carbocycles. The summed E-state index contributed by atoms with van der Waals surface area (Å²) in [4.78, 5) is 27.0. The molecule has 0 unspecified atom stereocenters. The van der Waals surface area contributed by atoms with Crippen LogP contribution in [0.2, 0.25) is 5.02 Å². The van der Waals surface area contributed by atoms with E-state index in [0.717, 1.165) is 32.7 Å². The molecule has 0 atom stereocenters. The third-order valence-corrected chi connectivity index (χ3v) is 3.10. The van der Waals surface area contributed by atoms with Gasteiger partial charge in [-0.05, 0) is 0 Å². The Morgan fingerprint density at radius 3 is 2.65 bits per heavy atom. The van der Waals surface area contributed by atoms with Crippen LogP contribution < -0.4 is 16.6 Å². The zero-order valence-corrected chi connectivity index (χ0v) is 10.2. The van der Waals surface area contributed by atoms with E-state index < -0.39 is 11.2 Å². The summed E-state index contributed by atoms with van der Waals surface area (Å²) in [6.07, 6.45) is 1.39. The number of halogens is 1. The molecule has 1 aliphatic rings. The number of hydrogen-bond acceptors (Lipinski definition) is 4. The van der Waals surface area contributed by atoms with Gasteiger partial charge in [-0.2, -0.15) is 0 Å². The summed E-state index contributed by atoms with van der Waals surface area (Å²) < 4.78 is 1.44. The Morgan fingerprint density at radius 2 is 1.94 bits per heavy atom. The molecule has 1 aromatic rings. The van der Waals surface area contributed by atoms with Crippen LogP contribution in [0.5, 0.6) is 0 Å². The predicted molar refractivity (Wildman–Crippen MR) is 65.6 cm³/mol. The zero-order chi connectivity index (χ0) is 12.3. The summed E-state index contributed by atoms with van der Waals surface area (Å²) in [6.45, 7) is 5.22. The maximum absolute atomic E-state index is 11.5. The van der Waals surface area contributed by atoms with E-state index in [0.29, 0.717) is 6.54 Å². The minimum Gasteiger partial charge on any atom is -0.314 e. The highest BCUT2D eigenvalue weighted by Gasteiger charge is 2.09. The van der Waals surface area contributed by atoms with Gasteiger partial charge in [0, 0.05) is 45.5 Å². The van der Waals surface area contributed by atoms with Gasteiger partial charge in [-0.1, -0.05) is 11.6 Å². The van der Waals surface area contributed by atoms with Crippen LogP contribution in [0.4, 0.5) is 0 Å². The average molecular weight is 259 g/mol. The predicted octanol–water partition coefficient (Wildman–Crippen LogP) is -0.905. The highest BCUT2D eigenvalue weighted by atomic mass is 35.5. The largest absolute Gasteiger partial charge is 0.328 e. The van der Waals surface area contributed by atoms with E-state index in [1.54, 1.807) is 0 Å². The van der Waals surface area contributed by atoms with Crippen LogP contribution in [0.3, 0.4) is 0 Å². The molecule has 94 valence electrons. The number of aromatic nitrogens is 2. The molecule has 1 fully saturated rings. The van der Waals surface area contributed by atoms with Gasteiger partial charge in [0.05, 0.1) is 0 Å². The Balaban J connectivity index is 2.01. The fraction of sp³-hybridized carbons (Fsp3) is 0.600. The fourth-order valence-electron chi connectivity index (χ4n) is 1.83. The molecule has 0 amide bonds. The number of aromatic amines is 1. The smallest absolute Gasteiger partial charge is 0.314 e. The van der Waals surface area contributed by atoms with Crippen molar-refractivity contribution in [2.24, 2.45) is 0 Å². The molecule has 2 N–H and O–H groups in total. The number of nitrogens with one attached hydrogen (secondary N) is 2. The molecular formula is C10H15ClN4O2. The third-order valence-electron chi connectivity index (χ3n) is 2.83. The summed E-state index contributed by atoms with van der Waals surface area (Å²) in [7, 11) is 0. The Hall–Kier alpha value is -1.11. The van der Waals surface area contributed by atoms with Crippen molar-refractivity contribution in [3.8, 4) is 0 Å². The first kappa shape index (κ1) is 12.3. The summed E-state index contributed by atoms with van der Waals surface area (Å²) in [6, 6.07) is 0. The van der Waals surface area contributed by atoms with Gasteiger partial charge in [0.15, 0.2) is 0 Å². The Labute approximate surface area is 103 Å². The first-order chi connectivity index (χ1) is 8.16. The van der Waals surface area contributed by atoms with Crippen molar-refractivity contribution in [3.63, 3.8) is 0 Å². The van der Waals surface area contributed by atoms with E-state index in [1.807, 2.05) is 0 Å². The Kier molecular flexibility index (Phi) is 3.98. The molecule has 17 heavy (non-hydrogen) atoms. The molecule has 1 aliphatic heterocycles. The minimum atomic E-state index is -0.532. The molecule has 1 saturated heterocycles. The monoisotopic (exact) mass is 258 g/mol. The minimum absolute atomic E-state index is 0.0462. The van der Waals surface area contributed by atoms with E-state index in [9.17, 15) is 9.59 Å². The van der Waals surface area contributed by atoms with Crippen molar-refractivity contribution in [2.75, 3.05) is 32.7 Å². The van der Waals surface area contributed by atoms with Crippen LogP contribution in [0, 0.1) is 0 Å². The molecule has 2 heterocycles. The maximum Gasteiger partial charge on any atom is 0.328 e. The number of hydrogen-bond donors (Lipinski definition) is 2. The molecule has 0 aliphatic carbocycles. The number of piperazine rings is 1. The molecule has 1 aromatic heterocycles. The van der Waals surface area contributed by atoms with Crippen LogP contribution in [-0.4, -0.2) is 47.2 Å². The number of rotatable bonds is 3. The van der Waals surface area contributed by atoms with Gasteiger partial charge in [-0.15, -0.1) is 0 Å². The van der Waals surface area contributed by atoms with E-state index in [4.69, 9.17) is 11.6 Å². The van der Waals surface area contributed by atoms with Crippen molar-refractivity contribution in [1.82, 2.24) is 19.8 Å². The lowest BCUT2D eigenvalue weighted by Crippen LogP contribution is -2.45. The SMILES string of the molecule is O=c1[nH]c(=O)n(CCN2CCNCC2)cc1Cl. The Bertz CT molecular complexity index is 490. The molecule has 6 nitrogen and oxygen atoms in total. The van der Waals surface area contributed by atoms with Crippen LogP contribution in [-0.2, 0) is 6.54 Å². The van der Waals surface area contributed by atoms with Crippen molar-refractivity contribution in [3.05, 3.63) is 32.1 Å². The lowest BCUT2D eigenvalue weighted by atomic mass is 10.3. The topological polar surface area (TPSA) is 70.1 Å². The first-order valence-corrected chi connectivity index (χ1v) is 5.97. The number of nitrogens with zero attached hydrogens (tertiary/aromatic N) is 2. The molecule has 0 bridgehead atoms. The lowest BCUT2D eigenvalue weighted by Gasteiger charge is -2.27. The summed E-state index contributed by atoms with van der Waals surface area (Å²) >= 11 is 5.68. The normalized spacial score (nSPS) is 17.2. The second kappa shape index (κ2) is 5.48. The highest BCUT2D eigenvalue weighted by molar-refractivity contribution is 6.30. The van der Waals surface area contributed by atoms with Crippen molar-refractivity contribution in [2.45, 2.75) is 6.54 Å². The standard InChI is InChI=1S/C10H15ClN4O2/c11-8-7-15(10(17)13-9(8)16)6-5-14-3-1-12-2-4-14/h7,12H,1-6H2,(H,13,16,17). The lowest BCUT2D eigenvalue weighted by molar-refractivity contribution is 0.231. The van der Waals surface area contributed by atoms with Gasteiger partial charge in [0.25, 0.3) is 5.56 Å². The molecule has 2 rings (SSSR count). The summed E-state index contributed by atoms with van der Waals surface area (Å²) in [5.74, 6) is 0. The quantitative estimate of drug-likeness (QED) is 0.737. The Morgan fingerprint density at radius 1 is 1.24 bits per heavy atom. The molecule has 0 radical (unpaired) electrons. The second-order valence-electron chi connectivity index (χ2n) is 4.02. The van der Waals surface area contributed by atoms with Gasteiger partial charge in [-0.25, -0.2) is 4.79 Å². The maximum atomic E-state index is 11.5.